The number of ether oxygens (including phenoxy) is 1. The number of para-hydroxylation sites is 2. The van der Waals surface area contributed by atoms with Crippen LogP contribution in [0.1, 0.15) is 58.3 Å². The fraction of sp³-hybridized carbons (Fsp3) is 0.654. The van der Waals surface area contributed by atoms with Gasteiger partial charge in [0.15, 0.2) is 0 Å². The number of nitrogens with one attached hydrogen (secondary N) is 2. The lowest BCUT2D eigenvalue weighted by atomic mass is 9.49. The SMILES string of the molecule is CCOCCCn1c(NC(=O)CCNC(=O)C23CC4CC(CC(C4)C2)C3)nc2ccccc21. The summed E-state index contributed by atoms with van der Waals surface area (Å²) in [6.45, 7) is 4.45. The van der Waals surface area contributed by atoms with Crippen molar-refractivity contribution in [3.05, 3.63) is 24.3 Å². The first-order valence-corrected chi connectivity index (χ1v) is 12.7. The molecular formula is C26H36N4O3. The number of carbonyl (C=O) groups is 2. The fourth-order valence-electron chi connectivity index (χ4n) is 6.92. The minimum Gasteiger partial charge on any atom is -0.382 e. The molecule has 178 valence electrons. The summed E-state index contributed by atoms with van der Waals surface area (Å²) < 4.78 is 7.51. The van der Waals surface area contributed by atoms with E-state index in [-0.39, 0.29) is 23.7 Å². The van der Waals surface area contributed by atoms with Crippen molar-refractivity contribution < 1.29 is 14.3 Å². The maximum Gasteiger partial charge on any atom is 0.228 e. The summed E-state index contributed by atoms with van der Waals surface area (Å²) in [5, 5.41) is 6.07. The van der Waals surface area contributed by atoms with Crippen LogP contribution in [-0.4, -0.2) is 41.1 Å². The molecule has 2 N–H and O–H groups in total. The molecular weight excluding hydrogens is 416 g/mol. The van der Waals surface area contributed by atoms with Crippen LogP contribution in [0.3, 0.4) is 0 Å². The molecule has 0 aliphatic heterocycles. The molecule has 7 heteroatoms. The molecule has 4 fully saturated rings. The molecule has 7 nitrogen and oxygen atoms in total. The van der Waals surface area contributed by atoms with Crippen LogP contribution in [0.2, 0.25) is 0 Å². The fourth-order valence-corrected chi connectivity index (χ4v) is 6.92. The Balaban J connectivity index is 1.16. The number of hydrogen-bond donors (Lipinski definition) is 2. The Kier molecular flexibility index (Phi) is 6.41. The van der Waals surface area contributed by atoms with Crippen molar-refractivity contribution in [2.75, 3.05) is 25.1 Å². The number of imidazole rings is 1. The average Bonchev–Trinajstić information content (AvgIpc) is 3.12. The number of amides is 2. The lowest BCUT2D eigenvalue weighted by Gasteiger charge is -2.55. The number of hydrogen-bond acceptors (Lipinski definition) is 4. The van der Waals surface area contributed by atoms with Crippen LogP contribution in [0.15, 0.2) is 24.3 Å². The Labute approximate surface area is 195 Å². The number of aryl methyl sites for hydroxylation is 1. The van der Waals surface area contributed by atoms with E-state index in [0.29, 0.717) is 25.7 Å². The lowest BCUT2D eigenvalue weighted by Crippen LogP contribution is -2.53. The van der Waals surface area contributed by atoms with Gasteiger partial charge in [0.25, 0.3) is 0 Å². The molecule has 2 aromatic rings. The van der Waals surface area contributed by atoms with Crippen molar-refractivity contribution in [3.63, 3.8) is 0 Å². The van der Waals surface area contributed by atoms with E-state index in [9.17, 15) is 9.59 Å². The molecule has 4 saturated carbocycles. The minimum absolute atomic E-state index is 0.123. The topological polar surface area (TPSA) is 85.2 Å². The number of rotatable bonds is 10. The van der Waals surface area contributed by atoms with Gasteiger partial charge in [0, 0.05) is 38.1 Å². The van der Waals surface area contributed by atoms with Gasteiger partial charge in [-0.2, -0.15) is 0 Å². The molecule has 33 heavy (non-hydrogen) atoms. The van der Waals surface area contributed by atoms with Gasteiger partial charge < -0.3 is 14.6 Å². The van der Waals surface area contributed by atoms with Gasteiger partial charge in [0.05, 0.1) is 11.0 Å². The van der Waals surface area contributed by atoms with Crippen molar-refractivity contribution in [1.29, 1.82) is 0 Å². The molecule has 4 bridgehead atoms. The van der Waals surface area contributed by atoms with Gasteiger partial charge in [-0.15, -0.1) is 0 Å². The normalized spacial score (nSPS) is 27.7. The van der Waals surface area contributed by atoms with Crippen molar-refractivity contribution in [3.8, 4) is 0 Å². The van der Waals surface area contributed by atoms with E-state index in [2.05, 4.69) is 15.6 Å². The molecule has 6 rings (SSSR count). The van der Waals surface area contributed by atoms with Crippen LogP contribution in [-0.2, 0) is 20.9 Å². The Morgan fingerprint density at radius 3 is 2.52 bits per heavy atom. The minimum atomic E-state index is -0.167. The quantitative estimate of drug-likeness (QED) is 0.531. The van der Waals surface area contributed by atoms with Crippen LogP contribution in [0.4, 0.5) is 5.95 Å². The van der Waals surface area contributed by atoms with Gasteiger partial charge in [-0.3, -0.25) is 14.9 Å². The number of nitrogens with zero attached hydrogens (tertiary/aromatic N) is 2. The zero-order chi connectivity index (χ0) is 22.8. The molecule has 1 heterocycles. The van der Waals surface area contributed by atoms with Crippen molar-refractivity contribution in [1.82, 2.24) is 14.9 Å². The molecule has 0 atom stereocenters. The summed E-state index contributed by atoms with van der Waals surface area (Å²) in [4.78, 5) is 30.4. The highest BCUT2D eigenvalue weighted by Gasteiger charge is 2.54. The van der Waals surface area contributed by atoms with E-state index in [0.717, 1.165) is 61.0 Å². The second-order valence-electron chi connectivity index (χ2n) is 10.4. The maximum absolute atomic E-state index is 13.1. The van der Waals surface area contributed by atoms with Gasteiger partial charge in [0.2, 0.25) is 17.8 Å². The first kappa shape index (κ1) is 22.4. The van der Waals surface area contributed by atoms with Gasteiger partial charge in [-0.1, -0.05) is 12.1 Å². The lowest BCUT2D eigenvalue weighted by molar-refractivity contribution is -0.146. The number of benzene rings is 1. The smallest absolute Gasteiger partial charge is 0.228 e. The van der Waals surface area contributed by atoms with Gasteiger partial charge in [-0.25, -0.2) is 4.98 Å². The van der Waals surface area contributed by atoms with E-state index >= 15 is 0 Å². The van der Waals surface area contributed by atoms with Gasteiger partial charge in [0.1, 0.15) is 0 Å². The van der Waals surface area contributed by atoms with E-state index in [1.165, 1.54) is 19.3 Å². The van der Waals surface area contributed by atoms with Crippen molar-refractivity contribution in [2.24, 2.45) is 23.2 Å². The predicted molar refractivity (Wildman–Crippen MR) is 128 cm³/mol. The average molecular weight is 453 g/mol. The van der Waals surface area contributed by atoms with Crippen molar-refractivity contribution >= 4 is 28.8 Å². The first-order chi connectivity index (χ1) is 16.1. The summed E-state index contributed by atoms with van der Waals surface area (Å²) in [5.41, 5.74) is 1.69. The summed E-state index contributed by atoms with van der Waals surface area (Å²) in [5.74, 6) is 2.83. The van der Waals surface area contributed by atoms with E-state index in [1.807, 2.05) is 35.8 Å². The second-order valence-corrected chi connectivity index (χ2v) is 10.4. The molecule has 4 aliphatic rings. The standard InChI is InChI=1S/C26H36N4O3/c1-2-33-11-5-10-30-22-7-4-3-6-21(22)28-25(30)29-23(31)8-9-27-24(32)26-15-18-12-19(16-26)14-20(13-18)17-26/h3-4,6-7,18-20H,2,5,8-17H2,1H3,(H,27,32)(H,28,29,31). The zero-order valence-corrected chi connectivity index (χ0v) is 19.6. The third kappa shape index (κ3) is 4.65. The Bertz CT molecular complexity index is 979. The molecule has 0 saturated heterocycles. The first-order valence-electron chi connectivity index (χ1n) is 12.7. The highest BCUT2D eigenvalue weighted by molar-refractivity contribution is 5.92. The second kappa shape index (κ2) is 9.45. The molecule has 0 unspecified atom stereocenters. The summed E-state index contributed by atoms with van der Waals surface area (Å²) in [7, 11) is 0. The van der Waals surface area contributed by atoms with Gasteiger partial charge >= 0.3 is 0 Å². The van der Waals surface area contributed by atoms with Gasteiger partial charge in [-0.05, 0) is 81.8 Å². The Morgan fingerprint density at radius 1 is 1.12 bits per heavy atom. The summed E-state index contributed by atoms with van der Waals surface area (Å²) in [6, 6.07) is 7.90. The third-order valence-electron chi connectivity index (χ3n) is 7.94. The van der Waals surface area contributed by atoms with Crippen LogP contribution >= 0.6 is 0 Å². The molecule has 1 aromatic heterocycles. The number of aromatic nitrogens is 2. The largest absolute Gasteiger partial charge is 0.382 e. The van der Waals surface area contributed by atoms with Crippen LogP contribution < -0.4 is 10.6 Å². The van der Waals surface area contributed by atoms with E-state index in [4.69, 9.17) is 4.74 Å². The number of anilines is 1. The van der Waals surface area contributed by atoms with Crippen LogP contribution in [0.25, 0.3) is 11.0 Å². The van der Waals surface area contributed by atoms with Crippen LogP contribution in [0.5, 0.6) is 0 Å². The highest BCUT2D eigenvalue weighted by Crippen LogP contribution is 2.60. The Hall–Kier alpha value is -2.41. The predicted octanol–water partition coefficient (Wildman–Crippen LogP) is 4.12. The molecule has 2 amide bonds. The zero-order valence-electron chi connectivity index (χ0n) is 19.6. The Morgan fingerprint density at radius 2 is 1.82 bits per heavy atom. The van der Waals surface area contributed by atoms with Crippen LogP contribution in [0, 0.1) is 23.2 Å². The number of fused-ring (bicyclic) bond motifs is 1. The third-order valence-corrected chi connectivity index (χ3v) is 7.94. The molecule has 0 spiro atoms. The van der Waals surface area contributed by atoms with E-state index < -0.39 is 0 Å². The number of carbonyl (C=O) groups excluding carboxylic acids is 2. The molecule has 0 radical (unpaired) electrons. The van der Waals surface area contributed by atoms with E-state index in [1.54, 1.807) is 0 Å². The molecule has 1 aromatic carbocycles. The van der Waals surface area contributed by atoms with Crippen molar-refractivity contribution in [2.45, 2.75) is 64.8 Å². The maximum atomic E-state index is 13.1. The summed E-state index contributed by atoms with van der Waals surface area (Å²) in [6.07, 6.45) is 8.19. The summed E-state index contributed by atoms with van der Waals surface area (Å²) >= 11 is 0. The molecule has 4 aliphatic carbocycles. The monoisotopic (exact) mass is 452 g/mol. The highest BCUT2D eigenvalue weighted by atomic mass is 16.5.